The molecule has 1 aromatic heterocycles. The van der Waals surface area contributed by atoms with Crippen LogP contribution < -0.4 is 11.0 Å². The Morgan fingerprint density at radius 3 is 3.00 bits per heavy atom. The Kier molecular flexibility index (Phi) is 4.31. The van der Waals surface area contributed by atoms with E-state index in [9.17, 15) is 9.59 Å². The first kappa shape index (κ1) is 13.7. The number of aromatic nitrogens is 2. The number of aryl methyl sites for hydroxylation is 1. The monoisotopic (exact) mass is 265 g/mol. The lowest BCUT2D eigenvalue weighted by Crippen LogP contribution is -2.20. The molecule has 1 aliphatic heterocycles. The van der Waals surface area contributed by atoms with Gasteiger partial charge in [0, 0.05) is 18.2 Å². The van der Waals surface area contributed by atoms with Crippen molar-refractivity contribution in [2.75, 3.05) is 5.32 Å². The topological polar surface area (TPSA) is 84.1 Å². The van der Waals surface area contributed by atoms with Gasteiger partial charge in [-0.1, -0.05) is 0 Å². The molecule has 2 heterocycles. The minimum absolute atomic E-state index is 0.138. The van der Waals surface area contributed by atoms with Crippen LogP contribution in [-0.2, 0) is 9.53 Å². The first-order valence-corrected chi connectivity index (χ1v) is 6.56. The summed E-state index contributed by atoms with van der Waals surface area (Å²) in [6, 6.07) is 1.63. The maximum atomic E-state index is 11.8. The largest absolute Gasteiger partial charge is 0.375 e. The van der Waals surface area contributed by atoms with Crippen LogP contribution in [0.1, 0.15) is 38.3 Å². The van der Waals surface area contributed by atoms with Crippen molar-refractivity contribution in [2.24, 2.45) is 0 Å². The van der Waals surface area contributed by atoms with Crippen molar-refractivity contribution in [1.82, 2.24) is 9.97 Å². The van der Waals surface area contributed by atoms with Crippen LogP contribution in [0.4, 0.5) is 5.82 Å². The summed E-state index contributed by atoms with van der Waals surface area (Å²) in [7, 11) is 0. The van der Waals surface area contributed by atoms with Gasteiger partial charge < -0.3 is 15.0 Å². The van der Waals surface area contributed by atoms with E-state index in [0.717, 1.165) is 12.8 Å². The third kappa shape index (κ3) is 4.17. The number of anilines is 1. The number of hydrogen-bond acceptors (Lipinski definition) is 4. The normalized spacial score (nSPS) is 22.4. The highest BCUT2D eigenvalue weighted by atomic mass is 16.5. The molecule has 0 unspecified atom stereocenters. The smallest absolute Gasteiger partial charge is 0.347 e. The predicted octanol–water partition coefficient (Wildman–Crippen LogP) is 1.36. The molecule has 0 aromatic carbocycles. The molecule has 1 amide bonds. The van der Waals surface area contributed by atoms with Crippen LogP contribution in [0.5, 0.6) is 0 Å². The summed E-state index contributed by atoms with van der Waals surface area (Å²) in [6.07, 6.45) is 3.63. The van der Waals surface area contributed by atoms with Gasteiger partial charge in [0.1, 0.15) is 5.82 Å². The van der Waals surface area contributed by atoms with E-state index in [1.54, 1.807) is 13.0 Å². The highest BCUT2D eigenvalue weighted by Crippen LogP contribution is 2.22. The fourth-order valence-electron chi connectivity index (χ4n) is 2.24. The summed E-state index contributed by atoms with van der Waals surface area (Å²) >= 11 is 0. The van der Waals surface area contributed by atoms with Gasteiger partial charge in [-0.15, -0.1) is 0 Å². The quantitative estimate of drug-likeness (QED) is 0.861. The lowest BCUT2D eigenvalue weighted by molar-refractivity contribution is -0.116. The van der Waals surface area contributed by atoms with Crippen LogP contribution in [0.15, 0.2) is 10.9 Å². The van der Waals surface area contributed by atoms with Crippen molar-refractivity contribution in [3.05, 3.63) is 22.2 Å². The molecule has 0 radical (unpaired) electrons. The molecule has 0 bridgehead atoms. The van der Waals surface area contributed by atoms with E-state index < -0.39 is 5.69 Å². The van der Waals surface area contributed by atoms with Crippen LogP contribution in [0.25, 0.3) is 0 Å². The van der Waals surface area contributed by atoms with E-state index in [1.807, 2.05) is 6.92 Å². The number of rotatable bonds is 4. The minimum atomic E-state index is -0.455. The fourth-order valence-corrected chi connectivity index (χ4v) is 2.24. The summed E-state index contributed by atoms with van der Waals surface area (Å²) in [4.78, 5) is 29.1. The number of nitrogens with one attached hydrogen (secondary N) is 2. The van der Waals surface area contributed by atoms with Gasteiger partial charge in [-0.25, -0.2) is 4.79 Å². The minimum Gasteiger partial charge on any atom is -0.375 e. The van der Waals surface area contributed by atoms with Gasteiger partial charge >= 0.3 is 5.69 Å². The Balaban J connectivity index is 1.82. The van der Waals surface area contributed by atoms with Gasteiger partial charge in [-0.05, 0) is 33.1 Å². The van der Waals surface area contributed by atoms with Crippen molar-refractivity contribution in [3.63, 3.8) is 0 Å². The SMILES string of the molecule is Cc1cc(NC(=O)CC[C@@H]2CC[C@H](C)O2)nc(=O)[nH]1. The number of nitrogens with zero attached hydrogens (tertiary/aromatic N) is 1. The molecule has 1 fully saturated rings. The highest BCUT2D eigenvalue weighted by Gasteiger charge is 2.22. The van der Waals surface area contributed by atoms with E-state index in [2.05, 4.69) is 15.3 Å². The average Bonchev–Trinajstić information content (AvgIpc) is 2.71. The summed E-state index contributed by atoms with van der Waals surface area (Å²) in [5.74, 6) is 0.160. The Bertz CT molecular complexity index is 512. The first-order chi connectivity index (χ1) is 9.02. The van der Waals surface area contributed by atoms with Crippen molar-refractivity contribution in [1.29, 1.82) is 0 Å². The predicted molar refractivity (Wildman–Crippen MR) is 71.0 cm³/mol. The van der Waals surface area contributed by atoms with Crippen LogP contribution >= 0.6 is 0 Å². The highest BCUT2D eigenvalue weighted by molar-refractivity contribution is 5.89. The van der Waals surface area contributed by atoms with Crippen LogP contribution in [0.2, 0.25) is 0 Å². The molecule has 104 valence electrons. The molecule has 2 atom stereocenters. The van der Waals surface area contributed by atoms with Gasteiger partial charge in [-0.3, -0.25) is 4.79 Å². The third-order valence-electron chi connectivity index (χ3n) is 3.16. The molecular formula is C13H19N3O3. The zero-order valence-corrected chi connectivity index (χ0v) is 11.2. The fraction of sp³-hybridized carbons (Fsp3) is 0.615. The van der Waals surface area contributed by atoms with E-state index in [4.69, 9.17) is 4.74 Å². The standard InChI is InChI=1S/C13H19N3O3/c1-8-7-11(16-13(18)14-8)15-12(17)6-5-10-4-3-9(2)19-10/h7,9-10H,3-6H2,1-2H3,(H2,14,15,16,17,18)/t9-,10-/m0/s1. The lowest BCUT2D eigenvalue weighted by atomic mass is 10.1. The van der Waals surface area contributed by atoms with Crippen molar-refractivity contribution in [3.8, 4) is 0 Å². The number of aromatic amines is 1. The van der Waals surface area contributed by atoms with E-state index in [0.29, 0.717) is 30.5 Å². The molecule has 1 aliphatic rings. The zero-order valence-electron chi connectivity index (χ0n) is 11.2. The summed E-state index contributed by atoms with van der Waals surface area (Å²) in [5, 5.41) is 2.63. The van der Waals surface area contributed by atoms with E-state index >= 15 is 0 Å². The first-order valence-electron chi connectivity index (χ1n) is 6.56. The Morgan fingerprint density at radius 2 is 2.37 bits per heavy atom. The number of ether oxygens (including phenoxy) is 1. The Labute approximate surface area is 111 Å². The third-order valence-corrected chi connectivity index (χ3v) is 3.16. The Morgan fingerprint density at radius 1 is 1.58 bits per heavy atom. The van der Waals surface area contributed by atoms with Crippen molar-refractivity contribution >= 4 is 11.7 Å². The van der Waals surface area contributed by atoms with Gasteiger partial charge in [0.2, 0.25) is 5.91 Å². The second-order valence-corrected chi connectivity index (χ2v) is 4.99. The number of carbonyl (C=O) groups excluding carboxylic acids is 1. The zero-order chi connectivity index (χ0) is 13.8. The molecule has 2 rings (SSSR count). The van der Waals surface area contributed by atoms with E-state index in [-0.39, 0.29) is 12.0 Å². The number of amides is 1. The Hall–Kier alpha value is -1.69. The van der Waals surface area contributed by atoms with Crippen molar-refractivity contribution in [2.45, 2.75) is 51.7 Å². The van der Waals surface area contributed by atoms with Crippen LogP contribution in [0, 0.1) is 6.92 Å². The molecule has 6 heteroatoms. The summed E-state index contributed by atoms with van der Waals surface area (Å²) in [5.41, 5.74) is 0.214. The van der Waals surface area contributed by atoms with Gasteiger partial charge in [0.05, 0.1) is 12.2 Å². The molecule has 1 aromatic rings. The lowest BCUT2D eigenvalue weighted by Gasteiger charge is -2.10. The molecule has 0 spiro atoms. The number of carbonyl (C=O) groups is 1. The van der Waals surface area contributed by atoms with Crippen molar-refractivity contribution < 1.29 is 9.53 Å². The molecule has 0 aliphatic carbocycles. The van der Waals surface area contributed by atoms with Gasteiger partial charge in [0.15, 0.2) is 0 Å². The second kappa shape index (κ2) is 5.97. The molecule has 19 heavy (non-hydrogen) atoms. The van der Waals surface area contributed by atoms with Gasteiger partial charge in [-0.2, -0.15) is 4.98 Å². The maximum Gasteiger partial charge on any atom is 0.347 e. The number of H-pyrrole nitrogens is 1. The molecule has 2 N–H and O–H groups in total. The molecule has 6 nitrogen and oxygen atoms in total. The van der Waals surface area contributed by atoms with Gasteiger partial charge in [0.25, 0.3) is 0 Å². The summed E-state index contributed by atoms with van der Waals surface area (Å²) in [6.45, 7) is 3.79. The summed E-state index contributed by atoms with van der Waals surface area (Å²) < 4.78 is 5.65. The maximum absolute atomic E-state index is 11.8. The molecule has 0 saturated carbocycles. The molecular weight excluding hydrogens is 246 g/mol. The average molecular weight is 265 g/mol. The number of hydrogen-bond donors (Lipinski definition) is 2. The van der Waals surface area contributed by atoms with E-state index in [1.165, 1.54) is 0 Å². The van der Waals surface area contributed by atoms with Crippen LogP contribution in [0.3, 0.4) is 0 Å². The van der Waals surface area contributed by atoms with Crippen LogP contribution in [-0.4, -0.2) is 28.1 Å². The molecule has 1 saturated heterocycles. The second-order valence-electron chi connectivity index (χ2n) is 4.99.